The van der Waals surface area contributed by atoms with Gasteiger partial charge in [-0.25, -0.2) is 0 Å². The molecule has 0 aromatic heterocycles. The van der Waals surface area contributed by atoms with Crippen LogP contribution in [0.1, 0.15) is 44.3 Å². The van der Waals surface area contributed by atoms with Crippen LogP contribution in [0.15, 0.2) is 73.2 Å². The molecule has 0 saturated heterocycles. The van der Waals surface area contributed by atoms with Gasteiger partial charge < -0.3 is 9.47 Å². The summed E-state index contributed by atoms with van der Waals surface area (Å²) in [6.07, 6.45) is 2.62. The van der Waals surface area contributed by atoms with Gasteiger partial charge in [-0.2, -0.15) is 0 Å². The van der Waals surface area contributed by atoms with Crippen molar-refractivity contribution in [2.45, 2.75) is 39.2 Å². The molecule has 1 heterocycles. The number of ether oxygens (including phenoxy) is 2. The summed E-state index contributed by atoms with van der Waals surface area (Å²) in [6, 6.07) is 19.2. The van der Waals surface area contributed by atoms with E-state index in [0.29, 0.717) is 18.9 Å². The van der Waals surface area contributed by atoms with Crippen molar-refractivity contribution in [1.29, 1.82) is 0 Å². The highest BCUT2D eigenvalue weighted by molar-refractivity contribution is 5.73. The highest BCUT2D eigenvalue weighted by Gasteiger charge is 2.34. The van der Waals surface area contributed by atoms with E-state index in [4.69, 9.17) is 9.47 Å². The van der Waals surface area contributed by atoms with Crippen LogP contribution >= 0.6 is 0 Å². The zero-order valence-electron chi connectivity index (χ0n) is 15.9. The molecule has 0 aliphatic carbocycles. The fourth-order valence-electron chi connectivity index (χ4n) is 3.29. The lowest BCUT2D eigenvalue weighted by atomic mass is 9.83. The van der Waals surface area contributed by atoms with E-state index in [1.165, 1.54) is 22.3 Å². The Hall–Kier alpha value is -2.48. The highest BCUT2D eigenvalue weighted by atomic mass is 16.5. The Bertz CT molecular complexity index is 763. The molecule has 1 aliphatic heterocycles. The first-order valence-corrected chi connectivity index (χ1v) is 9.32. The van der Waals surface area contributed by atoms with Crippen molar-refractivity contribution in [2.75, 3.05) is 6.61 Å². The SMILES string of the molecule is C=C(CC1OC=C(c2ccc(C)cc2)C1c1ccccc1)OCC(C)C.[HH]. The molecule has 3 rings (SSSR count). The lowest BCUT2D eigenvalue weighted by Crippen LogP contribution is -2.18. The summed E-state index contributed by atoms with van der Waals surface area (Å²) in [7, 11) is 0. The van der Waals surface area contributed by atoms with E-state index in [1.807, 2.05) is 12.3 Å². The van der Waals surface area contributed by atoms with Gasteiger partial charge in [-0.3, -0.25) is 0 Å². The lowest BCUT2D eigenvalue weighted by molar-refractivity contribution is 0.112. The lowest BCUT2D eigenvalue weighted by Gasteiger charge is -2.23. The van der Waals surface area contributed by atoms with Gasteiger partial charge in [0.1, 0.15) is 6.10 Å². The van der Waals surface area contributed by atoms with Crippen molar-refractivity contribution in [1.82, 2.24) is 0 Å². The predicted octanol–water partition coefficient (Wildman–Crippen LogP) is 6.34. The van der Waals surface area contributed by atoms with Crippen LogP contribution in [-0.4, -0.2) is 12.7 Å². The van der Waals surface area contributed by atoms with Gasteiger partial charge in [0.05, 0.1) is 18.6 Å². The molecule has 2 heteroatoms. The minimum Gasteiger partial charge on any atom is -0.498 e. The fraction of sp³-hybridized carbons (Fsp3) is 0.333. The van der Waals surface area contributed by atoms with Gasteiger partial charge >= 0.3 is 0 Å². The van der Waals surface area contributed by atoms with Gasteiger partial charge in [0, 0.05) is 19.3 Å². The van der Waals surface area contributed by atoms with Crippen molar-refractivity contribution in [3.63, 3.8) is 0 Å². The molecule has 0 fully saturated rings. The first kappa shape index (κ1) is 18.3. The van der Waals surface area contributed by atoms with Gasteiger partial charge in [-0.15, -0.1) is 0 Å². The van der Waals surface area contributed by atoms with E-state index >= 15 is 0 Å². The molecule has 2 aromatic rings. The number of hydrogen-bond donors (Lipinski definition) is 0. The number of hydrogen-bond acceptors (Lipinski definition) is 2. The van der Waals surface area contributed by atoms with Gasteiger partial charge in [0.25, 0.3) is 0 Å². The van der Waals surface area contributed by atoms with Gasteiger partial charge in [-0.1, -0.05) is 80.6 Å². The zero-order chi connectivity index (χ0) is 18.5. The Morgan fingerprint density at radius 3 is 2.46 bits per heavy atom. The fourth-order valence-corrected chi connectivity index (χ4v) is 3.29. The zero-order valence-corrected chi connectivity index (χ0v) is 15.9. The summed E-state index contributed by atoms with van der Waals surface area (Å²) < 4.78 is 11.9. The smallest absolute Gasteiger partial charge is 0.116 e. The van der Waals surface area contributed by atoms with Gasteiger partial charge in [0.2, 0.25) is 0 Å². The van der Waals surface area contributed by atoms with Crippen LogP contribution in [0.4, 0.5) is 0 Å². The molecule has 138 valence electrons. The molecule has 0 radical (unpaired) electrons. The van der Waals surface area contributed by atoms with Crippen LogP contribution in [0.2, 0.25) is 0 Å². The highest BCUT2D eigenvalue weighted by Crippen LogP contribution is 2.43. The van der Waals surface area contributed by atoms with Crippen LogP contribution in [-0.2, 0) is 9.47 Å². The molecule has 2 nitrogen and oxygen atoms in total. The molecular formula is C24H30O2. The minimum atomic E-state index is 0. The maximum Gasteiger partial charge on any atom is 0.116 e. The van der Waals surface area contributed by atoms with Crippen molar-refractivity contribution in [3.05, 3.63) is 89.9 Å². The predicted molar refractivity (Wildman–Crippen MR) is 110 cm³/mol. The molecule has 1 aliphatic rings. The van der Waals surface area contributed by atoms with Crippen LogP contribution in [0.5, 0.6) is 0 Å². The third-order valence-electron chi connectivity index (χ3n) is 4.67. The summed E-state index contributed by atoms with van der Waals surface area (Å²) >= 11 is 0. The normalized spacial score (nSPS) is 19.2. The molecule has 0 spiro atoms. The Morgan fingerprint density at radius 2 is 1.81 bits per heavy atom. The third kappa shape index (κ3) is 4.37. The topological polar surface area (TPSA) is 18.5 Å². The standard InChI is InChI=1S/C24H28O2.H2/c1-17(2)15-25-19(4)14-23-24(21-8-6-5-7-9-21)22(16-26-23)20-12-10-18(3)11-13-20;/h5-13,16-17,23-24H,4,14-15H2,1-3H3;1H. The minimum absolute atomic E-state index is 0. The van der Waals surface area contributed by atoms with E-state index in [2.05, 4.69) is 75.9 Å². The van der Waals surface area contributed by atoms with Crippen molar-refractivity contribution < 1.29 is 10.9 Å². The second-order valence-corrected chi connectivity index (χ2v) is 7.45. The van der Waals surface area contributed by atoms with Crippen LogP contribution in [0.25, 0.3) is 5.57 Å². The van der Waals surface area contributed by atoms with E-state index < -0.39 is 0 Å². The quantitative estimate of drug-likeness (QED) is 0.542. The second-order valence-electron chi connectivity index (χ2n) is 7.45. The van der Waals surface area contributed by atoms with E-state index in [-0.39, 0.29) is 13.4 Å². The first-order valence-electron chi connectivity index (χ1n) is 9.32. The van der Waals surface area contributed by atoms with Gasteiger partial charge in [0.15, 0.2) is 0 Å². The second kappa shape index (κ2) is 8.27. The van der Waals surface area contributed by atoms with Gasteiger partial charge in [-0.05, 0) is 24.0 Å². The van der Waals surface area contributed by atoms with E-state index in [0.717, 1.165) is 5.76 Å². The molecule has 2 unspecified atom stereocenters. The summed E-state index contributed by atoms with van der Waals surface area (Å²) in [5, 5.41) is 0. The van der Waals surface area contributed by atoms with E-state index in [9.17, 15) is 0 Å². The molecule has 0 bridgehead atoms. The van der Waals surface area contributed by atoms with Crippen LogP contribution in [0, 0.1) is 12.8 Å². The maximum absolute atomic E-state index is 6.09. The van der Waals surface area contributed by atoms with Crippen LogP contribution < -0.4 is 0 Å². The average molecular weight is 351 g/mol. The number of rotatable bonds is 7. The molecule has 0 amide bonds. The summed E-state index contributed by atoms with van der Waals surface area (Å²) in [5.74, 6) is 1.46. The van der Waals surface area contributed by atoms with Crippen molar-refractivity contribution in [3.8, 4) is 0 Å². The van der Waals surface area contributed by atoms with E-state index in [1.54, 1.807) is 0 Å². The summed E-state index contributed by atoms with van der Waals surface area (Å²) in [6.45, 7) is 11.2. The summed E-state index contributed by atoms with van der Waals surface area (Å²) in [4.78, 5) is 0. The first-order chi connectivity index (χ1) is 12.5. The third-order valence-corrected chi connectivity index (χ3v) is 4.67. The Labute approximate surface area is 158 Å². The Balaban J connectivity index is 0.00000261. The molecule has 2 aromatic carbocycles. The Kier molecular flexibility index (Phi) is 5.82. The van der Waals surface area contributed by atoms with Crippen LogP contribution in [0.3, 0.4) is 0 Å². The average Bonchev–Trinajstić information content (AvgIpc) is 3.05. The number of aryl methyl sites for hydroxylation is 1. The largest absolute Gasteiger partial charge is 0.498 e. The number of benzene rings is 2. The molecule has 26 heavy (non-hydrogen) atoms. The molecule has 0 N–H and O–H groups in total. The molecule has 0 saturated carbocycles. The van der Waals surface area contributed by atoms with Crippen molar-refractivity contribution >= 4 is 5.57 Å². The van der Waals surface area contributed by atoms with Crippen molar-refractivity contribution in [2.24, 2.45) is 5.92 Å². The molecular weight excluding hydrogens is 320 g/mol. The monoisotopic (exact) mass is 350 g/mol. The summed E-state index contributed by atoms with van der Waals surface area (Å²) in [5.41, 5.74) is 4.95. The maximum atomic E-state index is 6.09. The Morgan fingerprint density at radius 1 is 1.12 bits per heavy atom. The molecule has 2 atom stereocenters.